The van der Waals surface area contributed by atoms with E-state index in [0.29, 0.717) is 22.4 Å². The van der Waals surface area contributed by atoms with E-state index in [1.165, 1.54) is 23.2 Å². The summed E-state index contributed by atoms with van der Waals surface area (Å²) in [6.07, 6.45) is 1.01. The number of hydrogen-bond donors (Lipinski definition) is 0. The Morgan fingerprint density at radius 2 is 1.96 bits per heavy atom. The molecule has 0 aliphatic rings. The Labute approximate surface area is 146 Å². The Balaban J connectivity index is 1.94. The van der Waals surface area contributed by atoms with Crippen LogP contribution in [0.4, 0.5) is 5.13 Å². The third-order valence-corrected chi connectivity index (χ3v) is 4.85. The summed E-state index contributed by atoms with van der Waals surface area (Å²) in [4.78, 5) is 29.5. The number of aromatic nitrogens is 1. The van der Waals surface area contributed by atoms with Crippen molar-refractivity contribution in [1.82, 2.24) is 4.98 Å². The van der Waals surface area contributed by atoms with Gasteiger partial charge in [0.2, 0.25) is 0 Å². The fraction of sp³-hybridized carbons (Fsp3) is 0.389. The summed E-state index contributed by atoms with van der Waals surface area (Å²) in [7, 11) is 1.70. The van der Waals surface area contributed by atoms with Crippen molar-refractivity contribution in [1.29, 1.82) is 0 Å². The minimum atomic E-state index is -0.171. The second kappa shape index (κ2) is 8.06. The topological polar surface area (TPSA) is 59.5 Å². The first kappa shape index (κ1) is 18.1. The van der Waals surface area contributed by atoms with Crippen molar-refractivity contribution < 1.29 is 14.3 Å². The largest absolute Gasteiger partial charge is 0.484 e. The van der Waals surface area contributed by atoms with E-state index in [1.807, 2.05) is 5.38 Å². The molecule has 2 aromatic rings. The monoisotopic (exact) mass is 346 g/mol. The summed E-state index contributed by atoms with van der Waals surface area (Å²) < 4.78 is 5.49. The van der Waals surface area contributed by atoms with Crippen LogP contribution < -0.4 is 9.64 Å². The molecule has 1 aromatic heterocycles. The van der Waals surface area contributed by atoms with Crippen molar-refractivity contribution in [3.63, 3.8) is 0 Å². The number of carbonyl (C=O) groups excluding carboxylic acids is 2. The van der Waals surface area contributed by atoms with Crippen molar-refractivity contribution in [3.8, 4) is 5.75 Å². The van der Waals surface area contributed by atoms with Crippen molar-refractivity contribution in [2.45, 2.75) is 33.1 Å². The third-order valence-electron chi connectivity index (χ3n) is 3.91. The van der Waals surface area contributed by atoms with Crippen LogP contribution in [0.25, 0.3) is 0 Å². The molecule has 6 heteroatoms. The van der Waals surface area contributed by atoms with Crippen molar-refractivity contribution in [3.05, 3.63) is 40.9 Å². The minimum Gasteiger partial charge on any atom is -0.484 e. The van der Waals surface area contributed by atoms with Gasteiger partial charge in [-0.3, -0.25) is 14.5 Å². The van der Waals surface area contributed by atoms with E-state index in [0.717, 1.165) is 12.1 Å². The molecule has 0 aliphatic heterocycles. The van der Waals surface area contributed by atoms with Crippen LogP contribution in [0.5, 0.6) is 5.75 Å². The van der Waals surface area contributed by atoms with Gasteiger partial charge in [0.05, 0.1) is 5.69 Å². The summed E-state index contributed by atoms with van der Waals surface area (Å²) >= 11 is 1.46. The molecule has 2 rings (SSSR count). The molecule has 1 unspecified atom stereocenters. The molecule has 0 radical (unpaired) electrons. The molecule has 1 atom stereocenters. The van der Waals surface area contributed by atoms with E-state index in [-0.39, 0.29) is 18.3 Å². The fourth-order valence-electron chi connectivity index (χ4n) is 2.00. The molecule has 24 heavy (non-hydrogen) atoms. The Hall–Kier alpha value is -2.21. The molecule has 0 saturated heterocycles. The van der Waals surface area contributed by atoms with E-state index in [4.69, 9.17) is 4.74 Å². The summed E-state index contributed by atoms with van der Waals surface area (Å²) in [6, 6.07) is 6.75. The number of Topliss-reactive ketones (excluding diaryl/α,β-unsaturated/α-hetero) is 1. The van der Waals surface area contributed by atoms with Crippen LogP contribution in [0.15, 0.2) is 29.6 Å². The Morgan fingerprint density at radius 1 is 1.29 bits per heavy atom. The van der Waals surface area contributed by atoms with Crippen LogP contribution in [-0.2, 0) is 4.79 Å². The molecule has 0 spiro atoms. The third kappa shape index (κ3) is 4.41. The van der Waals surface area contributed by atoms with Gasteiger partial charge in [0, 0.05) is 18.0 Å². The highest BCUT2D eigenvalue weighted by Gasteiger charge is 2.17. The Bertz CT molecular complexity index is 709. The number of likely N-dealkylation sites (N-methyl/N-ethyl adjacent to an activating group) is 1. The van der Waals surface area contributed by atoms with Gasteiger partial charge in [-0.2, -0.15) is 0 Å². The van der Waals surface area contributed by atoms with E-state index in [9.17, 15) is 9.59 Å². The number of ether oxygens (including phenoxy) is 1. The van der Waals surface area contributed by atoms with Crippen LogP contribution in [0.2, 0.25) is 0 Å². The first-order valence-electron chi connectivity index (χ1n) is 7.88. The zero-order valence-electron chi connectivity index (χ0n) is 14.4. The molecular weight excluding hydrogens is 324 g/mol. The van der Waals surface area contributed by atoms with Crippen LogP contribution in [0.1, 0.15) is 49.2 Å². The second-order valence-electron chi connectivity index (χ2n) is 5.69. The minimum absolute atomic E-state index is 0.00163. The standard InChI is InChI=1S/C18H22N2O3S/c1-5-12(2)16-11-24-18(19-16)20(4)17(22)10-23-15-8-6-14(7-9-15)13(3)21/h6-9,11-12H,5,10H2,1-4H3. The normalized spacial score (nSPS) is 11.8. The number of hydrogen-bond acceptors (Lipinski definition) is 5. The first-order chi connectivity index (χ1) is 11.4. The van der Waals surface area contributed by atoms with Gasteiger partial charge >= 0.3 is 0 Å². The Kier molecular flexibility index (Phi) is 6.09. The van der Waals surface area contributed by atoms with Crippen molar-refractivity contribution >= 4 is 28.2 Å². The second-order valence-corrected chi connectivity index (χ2v) is 6.52. The molecule has 128 valence electrons. The van der Waals surface area contributed by atoms with Crippen LogP contribution in [0.3, 0.4) is 0 Å². The van der Waals surface area contributed by atoms with Crippen LogP contribution in [0, 0.1) is 0 Å². The Morgan fingerprint density at radius 3 is 2.54 bits per heavy atom. The van der Waals surface area contributed by atoms with Gasteiger partial charge in [-0.25, -0.2) is 4.98 Å². The van der Waals surface area contributed by atoms with E-state index in [1.54, 1.807) is 31.3 Å². The lowest BCUT2D eigenvalue weighted by Gasteiger charge is -2.14. The number of ketones is 1. The maximum atomic E-state index is 12.3. The van der Waals surface area contributed by atoms with Crippen molar-refractivity contribution in [2.75, 3.05) is 18.6 Å². The lowest BCUT2D eigenvalue weighted by atomic mass is 10.1. The maximum absolute atomic E-state index is 12.3. The van der Waals surface area contributed by atoms with Crippen LogP contribution in [-0.4, -0.2) is 30.3 Å². The summed E-state index contributed by atoms with van der Waals surface area (Å²) in [5, 5.41) is 2.67. The van der Waals surface area contributed by atoms with Gasteiger partial charge in [0.1, 0.15) is 5.75 Å². The van der Waals surface area contributed by atoms with Gasteiger partial charge in [-0.15, -0.1) is 11.3 Å². The molecular formula is C18H22N2O3S. The van der Waals surface area contributed by atoms with E-state index in [2.05, 4.69) is 18.8 Å². The van der Waals surface area contributed by atoms with Gasteiger partial charge in [-0.1, -0.05) is 13.8 Å². The lowest BCUT2D eigenvalue weighted by molar-refractivity contribution is -0.120. The molecule has 0 N–H and O–H groups in total. The molecule has 0 aliphatic carbocycles. The zero-order valence-corrected chi connectivity index (χ0v) is 15.2. The molecule has 5 nitrogen and oxygen atoms in total. The van der Waals surface area contributed by atoms with E-state index < -0.39 is 0 Å². The highest BCUT2D eigenvalue weighted by atomic mass is 32.1. The SMILES string of the molecule is CCC(C)c1csc(N(C)C(=O)COc2ccc(C(C)=O)cc2)n1. The molecule has 1 heterocycles. The van der Waals surface area contributed by atoms with E-state index >= 15 is 0 Å². The van der Waals surface area contributed by atoms with Gasteiger partial charge < -0.3 is 4.74 Å². The predicted octanol–water partition coefficient (Wildman–Crippen LogP) is 3.90. The molecule has 1 amide bonds. The maximum Gasteiger partial charge on any atom is 0.266 e. The average Bonchev–Trinajstić information content (AvgIpc) is 3.08. The molecule has 1 aromatic carbocycles. The number of amides is 1. The van der Waals surface area contributed by atoms with Crippen molar-refractivity contribution in [2.24, 2.45) is 0 Å². The first-order valence-corrected chi connectivity index (χ1v) is 8.76. The molecule has 0 fully saturated rings. The van der Waals surface area contributed by atoms with Crippen LogP contribution >= 0.6 is 11.3 Å². The summed E-state index contributed by atoms with van der Waals surface area (Å²) in [6.45, 7) is 5.67. The molecule has 0 bridgehead atoms. The fourth-order valence-corrected chi connectivity index (χ4v) is 2.93. The number of anilines is 1. The number of benzene rings is 1. The zero-order chi connectivity index (χ0) is 17.7. The van der Waals surface area contributed by atoms with Gasteiger partial charge in [-0.05, 0) is 43.5 Å². The summed E-state index contributed by atoms with van der Waals surface area (Å²) in [5.74, 6) is 0.768. The number of rotatable bonds is 7. The van der Waals surface area contributed by atoms with Gasteiger partial charge in [0.15, 0.2) is 17.5 Å². The number of nitrogens with zero attached hydrogens (tertiary/aromatic N) is 2. The molecule has 0 saturated carbocycles. The average molecular weight is 346 g/mol. The summed E-state index contributed by atoms with van der Waals surface area (Å²) in [5.41, 5.74) is 1.63. The highest BCUT2D eigenvalue weighted by Crippen LogP contribution is 2.26. The highest BCUT2D eigenvalue weighted by molar-refractivity contribution is 7.14. The van der Waals surface area contributed by atoms with Gasteiger partial charge in [0.25, 0.3) is 5.91 Å². The number of carbonyl (C=O) groups is 2. The predicted molar refractivity (Wildman–Crippen MR) is 96.2 cm³/mol. The lowest BCUT2D eigenvalue weighted by Crippen LogP contribution is -2.31. The smallest absolute Gasteiger partial charge is 0.266 e. The quantitative estimate of drug-likeness (QED) is 0.713. The number of thiazole rings is 1.